The zero-order valence-electron chi connectivity index (χ0n) is 8.79. The second kappa shape index (κ2) is 3.92. The van der Waals surface area contributed by atoms with E-state index in [1.807, 2.05) is 0 Å². The molecule has 0 spiro atoms. The second-order valence-corrected chi connectivity index (χ2v) is 4.11. The van der Waals surface area contributed by atoms with Gasteiger partial charge in [-0.25, -0.2) is 4.39 Å². The number of fused-ring (bicyclic) bond motifs is 1. The molecule has 1 amide bonds. The summed E-state index contributed by atoms with van der Waals surface area (Å²) in [5.74, 6) is -2.64. The molecule has 2 rings (SSSR count). The van der Waals surface area contributed by atoms with Gasteiger partial charge in [0.1, 0.15) is 11.6 Å². The van der Waals surface area contributed by atoms with E-state index in [-0.39, 0.29) is 28.6 Å². The van der Waals surface area contributed by atoms with Crippen LogP contribution < -0.4 is 4.90 Å². The Morgan fingerprint density at radius 3 is 2.65 bits per heavy atom. The van der Waals surface area contributed by atoms with Crippen molar-refractivity contribution >= 4 is 34.8 Å². The smallest absolute Gasteiger partial charge is 0.298 e. The number of amides is 1. The van der Waals surface area contributed by atoms with E-state index in [0.29, 0.717) is 0 Å². The minimum absolute atomic E-state index is 0.0302. The molecule has 6 heteroatoms. The van der Waals surface area contributed by atoms with Gasteiger partial charge in [-0.15, -0.1) is 0 Å². The summed E-state index contributed by atoms with van der Waals surface area (Å²) in [6.07, 6.45) is 0. The largest absolute Gasteiger partial charge is 0.299 e. The van der Waals surface area contributed by atoms with Crippen molar-refractivity contribution in [3.8, 4) is 0 Å². The molecule has 0 aromatic heterocycles. The number of carbonyl (C=O) groups is 3. The fourth-order valence-electron chi connectivity index (χ4n) is 1.67. The Labute approximate surface area is 101 Å². The monoisotopic (exact) mass is 255 g/mol. The maximum absolute atomic E-state index is 13.3. The van der Waals surface area contributed by atoms with Gasteiger partial charge in [-0.05, 0) is 19.1 Å². The topological polar surface area (TPSA) is 54.5 Å². The maximum Gasteiger partial charge on any atom is 0.299 e. The third-order valence-electron chi connectivity index (χ3n) is 2.39. The van der Waals surface area contributed by atoms with Crippen molar-refractivity contribution in [3.05, 3.63) is 28.5 Å². The Bertz CT molecular complexity index is 556. The molecule has 4 nitrogen and oxygen atoms in total. The van der Waals surface area contributed by atoms with Gasteiger partial charge in [0.05, 0.1) is 22.8 Å². The van der Waals surface area contributed by atoms with Gasteiger partial charge >= 0.3 is 0 Å². The van der Waals surface area contributed by atoms with Gasteiger partial charge in [-0.1, -0.05) is 11.6 Å². The zero-order chi connectivity index (χ0) is 12.7. The standard InChI is InChI=1S/C11H7ClFNO3/c1-5(15)4-14-9-3-8(13)7(12)2-6(9)10(16)11(14)17/h2-3H,4H2,1H3. The average Bonchev–Trinajstić information content (AvgIpc) is 2.45. The number of benzene rings is 1. The van der Waals surface area contributed by atoms with Crippen LogP contribution in [0.3, 0.4) is 0 Å². The highest BCUT2D eigenvalue weighted by Crippen LogP contribution is 2.32. The van der Waals surface area contributed by atoms with Gasteiger partial charge in [-0.3, -0.25) is 19.3 Å². The molecule has 1 aromatic carbocycles. The van der Waals surface area contributed by atoms with Crippen LogP contribution in [0.4, 0.5) is 10.1 Å². The molecule has 1 aliphatic rings. The zero-order valence-corrected chi connectivity index (χ0v) is 9.55. The van der Waals surface area contributed by atoms with Gasteiger partial charge in [-0.2, -0.15) is 0 Å². The van der Waals surface area contributed by atoms with E-state index in [2.05, 4.69) is 0 Å². The first kappa shape index (κ1) is 11.7. The quantitative estimate of drug-likeness (QED) is 0.754. The second-order valence-electron chi connectivity index (χ2n) is 3.71. The van der Waals surface area contributed by atoms with E-state index in [0.717, 1.165) is 17.0 Å². The Balaban J connectivity index is 2.56. The highest BCUT2D eigenvalue weighted by Gasteiger charge is 2.37. The van der Waals surface area contributed by atoms with E-state index in [4.69, 9.17) is 11.6 Å². The van der Waals surface area contributed by atoms with E-state index >= 15 is 0 Å². The first-order chi connectivity index (χ1) is 7.91. The molecule has 0 bridgehead atoms. The molecule has 0 N–H and O–H groups in total. The summed E-state index contributed by atoms with van der Waals surface area (Å²) in [5, 5.41) is -0.227. The Hall–Kier alpha value is -1.75. The van der Waals surface area contributed by atoms with Crippen LogP contribution in [-0.2, 0) is 9.59 Å². The van der Waals surface area contributed by atoms with E-state index in [9.17, 15) is 18.8 Å². The third kappa shape index (κ3) is 1.82. The predicted octanol–water partition coefficient (Wildman–Crippen LogP) is 1.60. The predicted molar refractivity (Wildman–Crippen MR) is 58.8 cm³/mol. The molecule has 0 aliphatic carbocycles. The Kier molecular flexibility index (Phi) is 2.71. The molecular formula is C11H7ClFNO3. The summed E-state index contributed by atoms with van der Waals surface area (Å²) < 4.78 is 13.3. The first-order valence-electron chi connectivity index (χ1n) is 4.76. The summed E-state index contributed by atoms with van der Waals surface area (Å²) in [7, 11) is 0. The van der Waals surface area contributed by atoms with Crippen molar-refractivity contribution in [1.29, 1.82) is 0 Å². The van der Waals surface area contributed by atoms with Gasteiger partial charge in [0.2, 0.25) is 0 Å². The first-order valence-corrected chi connectivity index (χ1v) is 5.14. The molecule has 88 valence electrons. The number of halogens is 2. The lowest BCUT2D eigenvalue weighted by Crippen LogP contribution is -2.33. The fraction of sp³-hybridized carbons (Fsp3) is 0.182. The van der Waals surface area contributed by atoms with Gasteiger partial charge in [0.15, 0.2) is 0 Å². The van der Waals surface area contributed by atoms with Crippen LogP contribution in [0.2, 0.25) is 5.02 Å². The van der Waals surface area contributed by atoms with Crippen molar-refractivity contribution in [2.45, 2.75) is 6.92 Å². The molecule has 0 atom stereocenters. The molecule has 0 fully saturated rings. The van der Waals surface area contributed by atoms with Crippen LogP contribution in [-0.4, -0.2) is 24.0 Å². The summed E-state index contributed by atoms with van der Waals surface area (Å²) in [6.45, 7) is 1.03. The molecular weight excluding hydrogens is 249 g/mol. The highest BCUT2D eigenvalue weighted by atomic mass is 35.5. The lowest BCUT2D eigenvalue weighted by molar-refractivity contribution is -0.119. The van der Waals surface area contributed by atoms with Crippen molar-refractivity contribution in [3.63, 3.8) is 0 Å². The fourth-order valence-corrected chi connectivity index (χ4v) is 1.83. The molecule has 0 radical (unpaired) electrons. The molecule has 1 aromatic rings. The van der Waals surface area contributed by atoms with Crippen LogP contribution in [0.25, 0.3) is 0 Å². The van der Waals surface area contributed by atoms with Crippen molar-refractivity contribution in [1.82, 2.24) is 0 Å². The van der Waals surface area contributed by atoms with Crippen LogP contribution in [0.1, 0.15) is 17.3 Å². The van der Waals surface area contributed by atoms with Crippen molar-refractivity contribution in [2.75, 3.05) is 11.4 Å². The van der Waals surface area contributed by atoms with E-state index < -0.39 is 17.5 Å². The van der Waals surface area contributed by atoms with E-state index in [1.165, 1.54) is 6.92 Å². The number of nitrogens with zero attached hydrogens (tertiary/aromatic N) is 1. The lowest BCUT2D eigenvalue weighted by Gasteiger charge is -2.14. The van der Waals surface area contributed by atoms with Crippen LogP contribution in [0, 0.1) is 5.82 Å². The number of Topliss-reactive ketones (excluding diaryl/α,β-unsaturated/α-hetero) is 2. The number of ketones is 2. The Morgan fingerprint density at radius 2 is 2.06 bits per heavy atom. The lowest BCUT2D eigenvalue weighted by atomic mass is 10.1. The Morgan fingerprint density at radius 1 is 1.41 bits per heavy atom. The number of hydrogen-bond acceptors (Lipinski definition) is 3. The minimum Gasteiger partial charge on any atom is -0.298 e. The summed E-state index contributed by atoms with van der Waals surface area (Å²) in [6, 6.07) is 2.09. The van der Waals surface area contributed by atoms with Crippen LogP contribution in [0.15, 0.2) is 12.1 Å². The highest BCUT2D eigenvalue weighted by molar-refractivity contribution is 6.53. The molecule has 0 saturated heterocycles. The number of rotatable bonds is 2. The molecule has 0 saturated carbocycles. The third-order valence-corrected chi connectivity index (χ3v) is 2.68. The molecule has 0 unspecified atom stereocenters. The summed E-state index contributed by atoms with van der Waals surface area (Å²) in [5.41, 5.74) is 0.125. The molecule has 1 heterocycles. The summed E-state index contributed by atoms with van der Waals surface area (Å²) >= 11 is 5.53. The number of carbonyl (C=O) groups excluding carboxylic acids is 3. The number of anilines is 1. The molecule has 17 heavy (non-hydrogen) atoms. The van der Waals surface area contributed by atoms with Gasteiger partial charge in [0.25, 0.3) is 11.7 Å². The van der Waals surface area contributed by atoms with Gasteiger partial charge < -0.3 is 0 Å². The number of hydrogen-bond donors (Lipinski definition) is 0. The van der Waals surface area contributed by atoms with Crippen LogP contribution in [0.5, 0.6) is 0 Å². The molecule has 1 aliphatic heterocycles. The average molecular weight is 256 g/mol. The normalized spacial score (nSPS) is 14.2. The summed E-state index contributed by atoms with van der Waals surface area (Å²) in [4.78, 5) is 35.1. The van der Waals surface area contributed by atoms with E-state index in [1.54, 1.807) is 0 Å². The van der Waals surface area contributed by atoms with Crippen molar-refractivity contribution in [2.24, 2.45) is 0 Å². The van der Waals surface area contributed by atoms with Crippen LogP contribution >= 0.6 is 11.6 Å². The maximum atomic E-state index is 13.3. The van der Waals surface area contributed by atoms with Gasteiger partial charge in [0, 0.05) is 0 Å². The van der Waals surface area contributed by atoms with Crippen molar-refractivity contribution < 1.29 is 18.8 Å². The minimum atomic E-state index is -0.836. The SMILES string of the molecule is CC(=O)CN1C(=O)C(=O)c2cc(Cl)c(F)cc21.